The van der Waals surface area contributed by atoms with Crippen molar-refractivity contribution < 1.29 is 4.42 Å². The first kappa shape index (κ1) is 9.99. The number of oxazole rings is 1. The molecule has 0 radical (unpaired) electrons. The van der Waals surface area contributed by atoms with E-state index in [1.807, 2.05) is 13.0 Å². The van der Waals surface area contributed by atoms with Crippen molar-refractivity contribution in [2.24, 2.45) is 0 Å². The van der Waals surface area contributed by atoms with E-state index in [4.69, 9.17) is 4.42 Å². The van der Waals surface area contributed by atoms with Crippen molar-refractivity contribution in [1.82, 2.24) is 10.3 Å². The third-order valence-electron chi connectivity index (χ3n) is 1.72. The second-order valence-electron chi connectivity index (χ2n) is 2.77. The molecule has 0 saturated heterocycles. The summed E-state index contributed by atoms with van der Waals surface area (Å²) in [5.74, 6) is 1.71. The number of hydrogen-bond donors (Lipinski definition) is 1. The van der Waals surface area contributed by atoms with Crippen LogP contribution in [0.25, 0.3) is 0 Å². The summed E-state index contributed by atoms with van der Waals surface area (Å²) in [4.78, 5) is 4.13. The van der Waals surface area contributed by atoms with Crippen LogP contribution in [0, 0.1) is 0 Å². The van der Waals surface area contributed by atoms with E-state index in [-0.39, 0.29) is 0 Å². The second-order valence-corrected chi connectivity index (χ2v) is 2.77. The van der Waals surface area contributed by atoms with Crippen LogP contribution >= 0.6 is 0 Å². The fourth-order valence-corrected chi connectivity index (χ4v) is 0.973. The Bertz CT molecular complexity index is 266. The quantitative estimate of drug-likeness (QED) is 0.555. The van der Waals surface area contributed by atoms with Crippen LogP contribution in [0.15, 0.2) is 22.8 Å². The van der Waals surface area contributed by atoms with Crippen molar-refractivity contribution in [3.05, 3.63) is 30.0 Å². The van der Waals surface area contributed by atoms with Gasteiger partial charge in [-0.05, 0) is 6.92 Å². The summed E-state index contributed by atoms with van der Waals surface area (Å²) in [7, 11) is 0. The van der Waals surface area contributed by atoms with Crippen LogP contribution in [0.3, 0.4) is 0 Å². The van der Waals surface area contributed by atoms with Crippen LogP contribution in [0.1, 0.15) is 25.5 Å². The van der Waals surface area contributed by atoms with Gasteiger partial charge in [0.1, 0.15) is 5.76 Å². The molecule has 0 unspecified atom stereocenters. The van der Waals surface area contributed by atoms with Gasteiger partial charge in [0, 0.05) is 13.0 Å². The average Bonchev–Trinajstić information content (AvgIpc) is 2.60. The molecular formula is C10H16N2O. The van der Waals surface area contributed by atoms with E-state index in [1.165, 1.54) is 0 Å². The molecule has 1 N–H and O–H groups in total. The fourth-order valence-electron chi connectivity index (χ4n) is 0.973. The molecule has 3 nitrogen and oxygen atoms in total. The van der Waals surface area contributed by atoms with Gasteiger partial charge in [-0.15, -0.1) is 0 Å². The minimum atomic E-state index is 0.699. The predicted molar refractivity (Wildman–Crippen MR) is 52.4 cm³/mol. The SMILES string of the molecule is C/C=C/CNCc1ncc(CC)o1. The summed E-state index contributed by atoms with van der Waals surface area (Å²) in [6, 6.07) is 0. The Balaban J connectivity index is 2.28. The summed E-state index contributed by atoms with van der Waals surface area (Å²) in [5, 5.41) is 3.20. The van der Waals surface area contributed by atoms with E-state index < -0.39 is 0 Å². The monoisotopic (exact) mass is 180 g/mol. The summed E-state index contributed by atoms with van der Waals surface area (Å²) in [5.41, 5.74) is 0. The lowest BCUT2D eigenvalue weighted by Gasteiger charge is -1.95. The van der Waals surface area contributed by atoms with Gasteiger partial charge >= 0.3 is 0 Å². The molecule has 1 aromatic rings. The molecule has 0 atom stereocenters. The maximum Gasteiger partial charge on any atom is 0.208 e. The Morgan fingerprint density at radius 3 is 3.08 bits per heavy atom. The Hall–Kier alpha value is -1.09. The highest BCUT2D eigenvalue weighted by Crippen LogP contribution is 2.03. The Morgan fingerprint density at radius 2 is 2.46 bits per heavy atom. The van der Waals surface area contributed by atoms with Gasteiger partial charge in [0.15, 0.2) is 0 Å². The van der Waals surface area contributed by atoms with Gasteiger partial charge in [0.2, 0.25) is 5.89 Å². The van der Waals surface area contributed by atoms with E-state index in [0.717, 1.165) is 24.6 Å². The smallest absolute Gasteiger partial charge is 0.208 e. The first-order valence-electron chi connectivity index (χ1n) is 4.62. The largest absolute Gasteiger partial charge is 0.444 e. The lowest BCUT2D eigenvalue weighted by Crippen LogP contribution is -2.12. The summed E-state index contributed by atoms with van der Waals surface area (Å²) in [6.07, 6.45) is 6.76. The molecular weight excluding hydrogens is 164 g/mol. The zero-order valence-corrected chi connectivity index (χ0v) is 8.21. The zero-order chi connectivity index (χ0) is 9.52. The number of nitrogens with one attached hydrogen (secondary N) is 1. The lowest BCUT2D eigenvalue weighted by molar-refractivity contribution is 0.444. The van der Waals surface area contributed by atoms with Gasteiger partial charge in [-0.3, -0.25) is 0 Å². The van der Waals surface area contributed by atoms with Crippen LogP contribution in [-0.2, 0) is 13.0 Å². The van der Waals surface area contributed by atoms with Crippen molar-refractivity contribution in [3.8, 4) is 0 Å². The van der Waals surface area contributed by atoms with Crippen molar-refractivity contribution >= 4 is 0 Å². The highest BCUT2D eigenvalue weighted by Gasteiger charge is 1.99. The predicted octanol–water partition coefficient (Wildman–Crippen LogP) is 1.90. The Labute approximate surface area is 78.9 Å². The van der Waals surface area contributed by atoms with Crippen LogP contribution in [0.4, 0.5) is 0 Å². The molecule has 0 fully saturated rings. The van der Waals surface area contributed by atoms with Gasteiger partial charge in [-0.1, -0.05) is 19.1 Å². The molecule has 0 amide bonds. The zero-order valence-electron chi connectivity index (χ0n) is 8.21. The molecule has 1 heterocycles. The number of aromatic nitrogens is 1. The summed E-state index contributed by atoms with van der Waals surface area (Å²) >= 11 is 0. The van der Waals surface area contributed by atoms with Crippen LogP contribution in [0.5, 0.6) is 0 Å². The van der Waals surface area contributed by atoms with E-state index in [1.54, 1.807) is 6.20 Å². The molecule has 1 aromatic heterocycles. The van der Waals surface area contributed by atoms with E-state index in [2.05, 4.69) is 23.3 Å². The number of allylic oxidation sites excluding steroid dienone is 1. The number of nitrogens with zero attached hydrogens (tertiary/aromatic N) is 1. The van der Waals surface area contributed by atoms with Crippen LogP contribution < -0.4 is 5.32 Å². The third kappa shape index (κ3) is 3.42. The molecule has 72 valence electrons. The fraction of sp³-hybridized carbons (Fsp3) is 0.500. The van der Waals surface area contributed by atoms with Crippen molar-refractivity contribution in [3.63, 3.8) is 0 Å². The normalized spacial score (nSPS) is 11.2. The highest BCUT2D eigenvalue weighted by molar-refractivity contribution is 4.93. The molecule has 3 heteroatoms. The third-order valence-corrected chi connectivity index (χ3v) is 1.72. The molecule has 0 aliphatic carbocycles. The Kier molecular flexibility index (Phi) is 4.26. The van der Waals surface area contributed by atoms with Crippen molar-refractivity contribution in [2.45, 2.75) is 26.8 Å². The Morgan fingerprint density at radius 1 is 1.62 bits per heavy atom. The standard InChI is InChI=1S/C10H16N2O/c1-3-5-6-11-8-10-12-7-9(4-2)13-10/h3,5,7,11H,4,6,8H2,1-2H3/b5-3+. The van der Waals surface area contributed by atoms with Gasteiger partial charge in [-0.25, -0.2) is 4.98 Å². The molecule has 0 spiro atoms. The molecule has 1 rings (SSSR count). The maximum absolute atomic E-state index is 5.42. The first-order valence-corrected chi connectivity index (χ1v) is 4.62. The van der Waals surface area contributed by atoms with Gasteiger partial charge < -0.3 is 9.73 Å². The molecule has 0 aliphatic rings. The van der Waals surface area contributed by atoms with E-state index in [9.17, 15) is 0 Å². The minimum Gasteiger partial charge on any atom is -0.444 e. The van der Waals surface area contributed by atoms with Gasteiger partial charge in [0.05, 0.1) is 12.7 Å². The topological polar surface area (TPSA) is 38.1 Å². The number of hydrogen-bond acceptors (Lipinski definition) is 3. The van der Waals surface area contributed by atoms with Crippen LogP contribution in [-0.4, -0.2) is 11.5 Å². The van der Waals surface area contributed by atoms with E-state index >= 15 is 0 Å². The van der Waals surface area contributed by atoms with Crippen LogP contribution in [0.2, 0.25) is 0 Å². The lowest BCUT2D eigenvalue weighted by atomic mass is 10.4. The molecule has 0 saturated carbocycles. The maximum atomic E-state index is 5.42. The molecule has 0 aliphatic heterocycles. The van der Waals surface area contributed by atoms with Gasteiger partial charge in [-0.2, -0.15) is 0 Å². The van der Waals surface area contributed by atoms with E-state index in [0.29, 0.717) is 6.54 Å². The first-order chi connectivity index (χ1) is 6.36. The summed E-state index contributed by atoms with van der Waals surface area (Å²) < 4.78 is 5.42. The second kappa shape index (κ2) is 5.54. The van der Waals surface area contributed by atoms with Crippen molar-refractivity contribution in [1.29, 1.82) is 0 Å². The number of rotatable bonds is 5. The highest BCUT2D eigenvalue weighted by atomic mass is 16.4. The van der Waals surface area contributed by atoms with Crippen molar-refractivity contribution in [2.75, 3.05) is 6.54 Å². The molecule has 0 bridgehead atoms. The minimum absolute atomic E-state index is 0.699. The molecule has 13 heavy (non-hydrogen) atoms. The average molecular weight is 180 g/mol. The summed E-state index contributed by atoms with van der Waals surface area (Å²) in [6.45, 7) is 5.62. The molecule has 0 aromatic carbocycles. The van der Waals surface area contributed by atoms with Gasteiger partial charge in [0.25, 0.3) is 0 Å². The number of aryl methyl sites for hydroxylation is 1.